The number of benzene rings is 1. The minimum Gasteiger partial charge on any atom is -0.469 e. The van der Waals surface area contributed by atoms with E-state index in [1.54, 1.807) is 42.5 Å². The number of alkyl halides is 3. The largest absolute Gasteiger partial charge is 0.469 e. The number of halogens is 3. The molecule has 100 valence electrons. The molecule has 1 atom stereocenters. The molecule has 5 heteroatoms. The van der Waals surface area contributed by atoms with E-state index in [1.165, 1.54) is 6.26 Å². The molecule has 1 aromatic carbocycles. The topological polar surface area (TPSA) is 30.2 Å². The fraction of sp³-hybridized carbons (Fsp3) is 0.214. The first-order valence-electron chi connectivity index (χ1n) is 5.67. The summed E-state index contributed by atoms with van der Waals surface area (Å²) >= 11 is 0. The SMILES string of the molecule is O=C(C[C@@H](c1ccccc1)c1ccco1)C(F)(F)F. The van der Waals surface area contributed by atoms with E-state index in [1.807, 2.05) is 0 Å². The van der Waals surface area contributed by atoms with Crippen LogP contribution in [0.2, 0.25) is 0 Å². The average Bonchev–Trinajstić information content (AvgIpc) is 2.89. The molecule has 0 saturated carbocycles. The Hall–Kier alpha value is -2.04. The molecule has 0 aliphatic heterocycles. The molecule has 2 aromatic rings. The van der Waals surface area contributed by atoms with Gasteiger partial charge in [-0.1, -0.05) is 30.3 Å². The van der Waals surface area contributed by atoms with Crippen LogP contribution in [0.15, 0.2) is 53.1 Å². The quantitative estimate of drug-likeness (QED) is 0.840. The minimum absolute atomic E-state index is 0.351. The fourth-order valence-corrected chi connectivity index (χ4v) is 1.86. The molecule has 2 nitrogen and oxygen atoms in total. The van der Waals surface area contributed by atoms with Gasteiger partial charge in [0.1, 0.15) is 5.76 Å². The molecule has 0 spiro atoms. The molecule has 2 rings (SSSR count). The van der Waals surface area contributed by atoms with Crippen molar-refractivity contribution >= 4 is 5.78 Å². The number of hydrogen-bond donors (Lipinski definition) is 0. The van der Waals surface area contributed by atoms with Gasteiger partial charge in [-0.2, -0.15) is 13.2 Å². The predicted molar refractivity (Wildman–Crippen MR) is 62.7 cm³/mol. The average molecular weight is 268 g/mol. The Balaban J connectivity index is 2.29. The van der Waals surface area contributed by atoms with Crippen LogP contribution in [-0.2, 0) is 4.79 Å². The van der Waals surface area contributed by atoms with Crippen molar-refractivity contribution in [1.29, 1.82) is 0 Å². The third kappa shape index (κ3) is 3.24. The second-order valence-electron chi connectivity index (χ2n) is 4.10. The lowest BCUT2D eigenvalue weighted by Crippen LogP contribution is -2.24. The van der Waals surface area contributed by atoms with Crippen LogP contribution in [0.5, 0.6) is 0 Å². The van der Waals surface area contributed by atoms with E-state index in [2.05, 4.69) is 0 Å². The van der Waals surface area contributed by atoms with Gasteiger partial charge in [0.2, 0.25) is 5.78 Å². The van der Waals surface area contributed by atoms with Gasteiger partial charge < -0.3 is 4.42 Å². The predicted octanol–water partition coefficient (Wildman–Crippen LogP) is 3.93. The van der Waals surface area contributed by atoms with Crippen LogP contribution in [0.1, 0.15) is 23.7 Å². The molecule has 1 heterocycles. The van der Waals surface area contributed by atoms with Crippen LogP contribution in [-0.4, -0.2) is 12.0 Å². The summed E-state index contributed by atoms with van der Waals surface area (Å²) in [6.45, 7) is 0. The molecule has 0 unspecified atom stereocenters. The highest BCUT2D eigenvalue weighted by Crippen LogP contribution is 2.31. The summed E-state index contributed by atoms with van der Waals surface area (Å²) in [5.74, 6) is -2.12. The van der Waals surface area contributed by atoms with Crippen LogP contribution < -0.4 is 0 Å². The van der Waals surface area contributed by atoms with E-state index in [0.29, 0.717) is 11.3 Å². The zero-order valence-electron chi connectivity index (χ0n) is 9.85. The standard InChI is InChI=1S/C14H11F3O2/c15-14(16,17)13(18)9-11(12-7-4-8-19-12)10-5-2-1-3-6-10/h1-8,11H,9H2/t11-/m0/s1. The van der Waals surface area contributed by atoms with Crippen molar-refractivity contribution in [3.05, 3.63) is 60.1 Å². The Labute approximate surface area is 107 Å². The van der Waals surface area contributed by atoms with E-state index >= 15 is 0 Å². The minimum atomic E-state index is -4.82. The summed E-state index contributed by atoms with van der Waals surface area (Å²) < 4.78 is 42.3. The van der Waals surface area contributed by atoms with Crippen molar-refractivity contribution in [3.8, 4) is 0 Å². The highest BCUT2D eigenvalue weighted by molar-refractivity contribution is 5.85. The molecule has 1 aromatic heterocycles. The lowest BCUT2D eigenvalue weighted by Gasteiger charge is -2.15. The fourth-order valence-electron chi connectivity index (χ4n) is 1.86. The molecule has 0 bridgehead atoms. The summed E-state index contributed by atoms with van der Waals surface area (Å²) in [4.78, 5) is 11.2. The molecule has 0 fully saturated rings. The second kappa shape index (κ2) is 5.30. The van der Waals surface area contributed by atoms with E-state index in [4.69, 9.17) is 4.42 Å². The maximum atomic E-state index is 12.4. The Kier molecular flexibility index (Phi) is 3.74. The lowest BCUT2D eigenvalue weighted by atomic mass is 9.91. The van der Waals surface area contributed by atoms with Gasteiger partial charge in [0.05, 0.1) is 6.26 Å². The third-order valence-corrected chi connectivity index (χ3v) is 2.79. The van der Waals surface area contributed by atoms with E-state index < -0.39 is 24.3 Å². The summed E-state index contributed by atoms with van der Waals surface area (Å²) in [6, 6.07) is 11.7. The Morgan fingerprint density at radius 3 is 2.32 bits per heavy atom. The zero-order chi connectivity index (χ0) is 13.9. The molecule has 0 aliphatic carbocycles. The molecular weight excluding hydrogens is 257 g/mol. The van der Waals surface area contributed by atoms with Gasteiger partial charge in [0.25, 0.3) is 0 Å². The first-order valence-corrected chi connectivity index (χ1v) is 5.67. The van der Waals surface area contributed by atoms with E-state index in [9.17, 15) is 18.0 Å². The molecule has 0 aliphatic rings. The van der Waals surface area contributed by atoms with E-state index in [0.717, 1.165) is 0 Å². The summed E-state index contributed by atoms with van der Waals surface area (Å²) in [5.41, 5.74) is 0.620. The number of ketones is 1. The number of hydrogen-bond acceptors (Lipinski definition) is 2. The first-order chi connectivity index (χ1) is 8.98. The van der Waals surface area contributed by atoms with Gasteiger partial charge in [-0.25, -0.2) is 0 Å². The lowest BCUT2D eigenvalue weighted by molar-refractivity contribution is -0.171. The molecule has 0 amide bonds. The molecular formula is C14H11F3O2. The van der Waals surface area contributed by atoms with Gasteiger partial charge in [-0.15, -0.1) is 0 Å². The van der Waals surface area contributed by atoms with Gasteiger partial charge in [0, 0.05) is 12.3 Å². The van der Waals surface area contributed by atoms with Gasteiger partial charge >= 0.3 is 6.18 Å². The maximum absolute atomic E-state index is 12.4. The Morgan fingerprint density at radius 1 is 1.11 bits per heavy atom. The van der Waals surface area contributed by atoms with Crippen molar-refractivity contribution in [1.82, 2.24) is 0 Å². The van der Waals surface area contributed by atoms with Gasteiger partial charge in [-0.3, -0.25) is 4.79 Å². The van der Waals surface area contributed by atoms with Gasteiger partial charge in [-0.05, 0) is 17.7 Å². The highest BCUT2D eigenvalue weighted by Gasteiger charge is 2.40. The van der Waals surface area contributed by atoms with E-state index in [-0.39, 0.29) is 0 Å². The zero-order valence-corrected chi connectivity index (χ0v) is 9.85. The smallest absolute Gasteiger partial charge is 0.450 e. The van der Waals surface area contributed by atoms with Crippen LogP contribution in [0.25, 0.3) is 0 Å². The molecule has 19 heavy (non-hydrogen) atoms. The number of carbonyl (C=O) groups excluding carboxylic acids is 1. The Morgan fingerprint density at radius 2 is 1.79 bits per heavy atom. The monoisotopic (exact) mass is 268 g/mol. The van der Waals surface area contributed by atoms with Crippen LogP contribution >= 0.6 is 0 Å². The van der Waals surface area contributed by atoms with Crippen molar-refractivity contribution in [2.24, 2.45) is 0 Å². The van der Waals surface area contributed by atoms with Crippen LogP contribution in [0, 0.1) is 0 Å². The highest BCUT2D eigenvalue weighted by atomic mass is 19.4. The Bertz CT molecular complexity index is 530. The summed E-state index contributed by atoms with van der Waals surface area (Å²) in [5, 5.41) is 0. The van der Waals surface area contributed by atoms with Crippen molar-refractivity contribution in [2.45, 2.75) is 18.5 Å². The second-order valence-corrected chi connectivity index (χ2v) is 4.10. The molecule has 0 saturated heterocycles. The maximum Gasteiger partial charge on any atom is 0.450 e. The third-order valence-electron chi connectivity index (χ3n) is 2.79. The van der Waals surface area contributed by atoms with Gasteiger partial charge in [0.15, 0.2) is 0 Å². The number of Topliss-reactive ketones (excluding diaryl/α,β-unsaturated/α-hetero) is 1. The number of rotatable bonds is 4. The summed E-state index contributed by atoms with van der Waals surface area (Å²) in [7, 11) is 0. The molecule has 0 N–H and O–H groups in total. The van der Waals surface area contributed by atoms with Crippen molar-refractivity contribution < 1.29 is 22.4 Å². The van der Waals surface area contributed by atoms with Crippen molar-refractivity contribution in [2.75, 3.05) is 0 Å². The first kappa shape index (κ1) is 13.4. The van der Waals surface area contributed by atoms with Crippen molar-refractivity contribution in [3.63, 3.8) is 0 Å². The normalized spacial score (nSPS) is 13.2. The number of carbonyl (C=O) groups is 1. The van der Waals surface area contributed by atoms with Crippen LogP contribution in [0.3, 0.4) is 0 Å². The summed E-state index contributed by atoms with van der Waals surface area (Å²) in [6.07, 6.45) is -4.09. The number of furan rings is 1. The molecule has 0 radical (unpaired) electrons. The van der Waals surface area contributed by atoms with Crippen LogP contribution in [0.4, 0.5) is 13.2 Å².